The number of para-hydroxylation sites is 1. The van der Waals surface area contributed by atoms with E-state index in [9.17, 15) is 9.59 Å². The zero-order valence-electron chi connectivity index (χ0n) is 18.1. The molecule has 0 aliphatic carbocycles. The maximum atomic E-state index is 12.9. The third-order valence-electron chi connectivity index (χ3n) is 5.34. The van der Waals surface area contributed by atoms with Gasteiger partial charge in [-0.1, -0.05) is 49.4 Å². The second kappa shape index (κ2) is 10.4. The number of nitrogens with one attached hydrogen (secondary N) is 2. The number of urea groups is 1. The van der Waals surface area contributed by atoms with E-state index in [-0.39, 0.29) is 11.9 Å². The van der Waals surface area contributed by atoms with E-state index < -0.39 is 0 Å². The second-order valence-corrected chi connectivity index (χ2v) is 9.34. The fraction of sp³-hybridized carbons (Fsp3) is 0.231. The summed E-state index contributed by atoms with van der Waals surface area (Å²) in [5.41, 5.74) is 3.45. The molecule has 1 heterocycles. The molecule has 0 saturated carbocycles. The quantitative estimate of drug-likeness (QED) is 0.487. The number of thioether (sulfide) groups is 1. The molecule has 1 aliphatic heterocycles. The van der Waals surface area contributed by atoms with Crippen molar-refractivity contribution in [3.8, 4) is 0 Å². The third kappa shape index (κ3) is 5.51. The van der Waals surface area contributed by atoms with E-state index in [1.54, 1.807) is 40.9 Å². The first-order chi connectivity index (χ1) is 15.6. The number of nitrogens with zero attached hydrogens (tertiary/aromatic N) is 1. The molecule has 0 saturated heterocycles. The minimum Gasteiger partial charge on any atom is -0.352 e. The molecular formula is C26H27N3O2S. The largest absolute Gasteiger partial charge is 0.352 e. The lowest BCUT2D eigenvalue weighted by molar-refractivity contribution is 0.0953. The van der Waals surface area contributed by atoms with Gasteiger partial charge in [0.15, 0.2) is 0 Å². The van der Waals surface area contributed by atoms with Gasteiger partial charge in [-0.25, -0.2) is 4.79 Å². The van der Waals surface area contributed by atoms with Crippen LogP contribution in [0.15, 0.2) is 83.8 Å². The van der Waals surface area contributed by atoms with Crippen molar-refractivity contribution in [2.45, 2.75) is 29.9 Å². The van der Waals surface area contributed by atoms with Gasteiger partial charge < -0.3 is 10.6 Å². The van der Waals surface area contributed by atoms with Gasteiger partial charge in [-0.2, -0.15) is 0 Å². The number of carbonyl (C=O) groups excluding carboxylic acids is 2. The van der Waals surface area contributed by atoms with Gasteiger partial charge in [0.1, 0.15) is 0 Å². The topological polar surface area (TPSA) is 61.4 Å². The summed E-state index contributed by atoms with van der Waals surface area (Å²) in [6.07, 6.45) is 1.82. The van der Waals surface area contributed by atoms with Crippen molar-refractivity contribution < 1.29 is 9.59 Å². The van der Waals surface area contributed by atoms with Crippen LogP contribution in [0.3, 0.4) is 0 Å². The Labute approximate surface area is 193 Å². The van der Waals surface area contributed by atoms with Crippen LogP contribution in [0.2, 0.25) is 0 Å². The van der Waals surface area contributed by atoms with Gasteiger partial charge in [0.2, 0.25) is 0 Å². The fourth-order valence-corrected chi connectivity index (χ4v) is 4.83. The molecule has 0 bridgehead atoms. The van der Waals surface area contributed by atoms with Crippen LogP contribution in [0.1, 0.15) is 29.3 Å². The van der Waals surface area contributed by atoms with Crippen molar-refractivity contribution in [1.29, 1.82) is 0 Å². The van der Waals surface area contributed by atoms with E-state index in [0.29, 0.717) is 29.6 Å². The molecule has 5 nitrogen and oxygen atoms in total. The number of amides is 3. The lowest BCUT2D eigenvalue weighted by atomic mass is 10.1. The van der Waals surface area contributed by atoms with Gasteiger partial charge in [0.05, 0.1) is 5.69 Å². The molecule has 3 amide bonds. The molecule has 0 radical (unpaired) electrons. The van der Waals surface area contributed by atoms with Crippen molar-refractivity contribution in [3.05, 3.63) is 90.0 Å². The SMILES string of the molecule is C[C@@H]1CN(C(=O)Nc2ccc(C(=O)NCCCc3ccccc3)cc2)c2ccccc2S1. The molecule has 1 atom stereocenters. The number of anilines is 2. The highest BCUT2D eigenvalue weighted by Crippen LogP contribution is 2.38. The highest BCUT2D eigenvalue weighted by atomic mass is 32.2. The molecule has 32 heavy (non-hydrogen) atoms. The highest BCUT2D eigenvalue weighted by Gasteiger charge is 2.26. The predicted molar refractivity (Wildman–Crippen MR) is 132 cm³/mol. The first-order valence-electron chi connectivity index (χ1n) is 10.9. The first kappa shape index (κ1) is 22.0. The molecule has 3 aromatic carbocycles. The number of carbonyl (C=O) groups is 2. The summed E-state index contributed by atoms with van der Waals surface area (Å²) in [6, 6.07) is 25.1. The van der Waals surface area contributed by atoms with Crippen LogP contribution in [0.25, 0.3) is 0 Å². The molecule has 0 fully saturated rings. The molecule has 0 aromatic heterocycles. The van der Waals surface area contributed by atoms with Crippen LogP contribution in [-0.4, -0.2) is 30.3 Å². The van der Waals surface area contributed by atoms with E-state index >= 15 is 0 Å². The normalized spacial score (nSPS) is 15.0. The highest BCUT2D eigenvalue weighted by molar-refractivity contribution is 8.00. The maximum absolute atomic E-state index is 12.9. The fourth-order valence-electron chi connectivity index (χ4n) is 3.72. The Morgan fingerprint density at radius 2 is 1.69 bits per heavy atom. The molecule has 164 valence electrons. The van der Waals surface area contributed by atoms with Crippen molar-refractivity contribution in [3.63, 3.8) is 0 Å². The van der Waals surface area contributed by atoms with Crippen LogP contribution in [0, 0.1) is 0 Å². The van der Waals surface area contributed by atoms with E-state index in [1.807, 2.05) is 42.5 Å². The number of fused-ring (bicyclic) bond motifs is 1. The van der Waals surface area contributed by atoms with Crippen LogP contribution >= 0.6 is 11.8 Å². The van der Waals surface area contributed by atoms with Crippen LogP contribution in [-0.2, 0) is 6.42 Å². The van der Waals surface area contributed by atoms with Crippen LogP contribution in [0.4, 0.5) is 16.2 Å². The lowest BCUT2D eigenvalue weighted by Gasteiger charge is -2.32. The predicted octanol–water partition coefficient (Wildman–Crippen LogP) is 5.58. The molecule has 4 rings (SSSR count). The summed E-state index contributed by atoms with van der Waals surface area (Å²) < 4.78 is 0. The number of hydrogen-bond acceptors (Lipinski definition) is 3. The van der Waals surface area contributed by atoms with Crippen LogP contribution < -0.4 is 15.5 Å². The number of aryl methyl sites for hydroxylation is 1. The molecule has 1 aliphatic rings. The Hall–Kier alpha value is -3.25. The molecular weight excluding hydrogens is 418 g/mol. The average Bonchev–Trinajstić information content (AvgIpc) is 2.82. The minimum absolute atomic E-state index is 0.105. The summed E-state index contributed by atoms with van der Waals surface area (Å²) in [4.78, 5) is 28.2. The smallest absolute Gasteiger partial charge is 0.326 e. The van der Waals surface area contributed by atoms with E-state index in [1.165, 1.54) is 5.56 Å². The molecule has 6 heteroatoms. The van der Waals surface area contributed by atoms with Crippen molar-refractivity contribution in [1.82, 2.24) is 5.32 Å². The van der Waals surface area contributed by atoms with Gasteiger partial charge >= 0.3 is 6.03 Å². The van der Waals surface area contributed by atoms with E-state index in [2.05, 4.69) is 29.7 Å². The Morgan fingerprint density at radius 1 is 0.969 bits per heavy atom. The maximum Gasteiger partial charge on any atom is 0.326 e. The Bertz CT molecular complexity index is 1070. The standard InChI is InChI=1S/C26H27N3O2S/c1-19-18-29(23-11-5-6-12-24(23)32-19)26(31)28-22-15-13-21(14-16-22)25(30)27-17-7-10-20-8-3-2-4-9-20/h2-6,8-9,11-16,19H,7,10,17-18H2,1H3,(H,27,30)(H,28,31)/t19-/m1/s1. The monoisotopic (exact) mass is 445 g/mol. The molecule has 0 spiro atoms. The third-order valence-corrected chi connectivity index (χ3v) is 6.49. The number of hydrogen-bond donors (Lipinski definition) is 2. The van der Waals surface area contributed by atoms with Gasteiger partial charge in [-0.05, 0) is 54.8 Å². The average molecular weight is 446 g/mol. The van der Waals surface area contributed by atoms with Crippen molar-refractivity contribution in [2.75, 3.05) is 23.3 Å². The Kier molecular flexibility index (Phi) is 7.12. The Morgan fingerprint density at radius 3 is 2.47 bits per heavy atom. The molecule has 0 unspecified atom stereocenters. The van der Waals surface area contributed by atoms with Crippen LogP contribution in [0.5, 0.6) is 0 Å². The van der Waals surface area contributed by atoms with E-state index in [0.717, 1.165) is 23.4 Å². The van der Waals surface area contributed by atoms with Gasteiger partial charge in [-0.15, -0.1) is 11.8 Å². The molecule has 3 aromatic rings. The summed E-state index contributed by atoms with van der Waals surface area (Å²) in [6.45, 7) is 3.39. The lowest BCUT2D eigenvalue weighted by Crippen LogP contribution is -2.41. The first-order valence-corrected chi connectivity index (χ1v) is 11.7. The van der Waals surface area contributed by atoms with E-state index in [4.69, 9.17) is 0 Å². The zero-order chi connectivity index (χ0) is 22.3. The number of rotatable bonds is 6. The minimum atomic E-state index is -0.164. The number of benzene rings is 3. The second-order valence-electron chi connectivity index (χ2n) is 7.86. The summed E-state index contributed by atoms with van der Waals surface area (Å²) in [5.74, 6) is -0.105. The summed E-state index contributed by atoms with van der Waals surface area (Å²) in [7, 11) is 0. The summed E-state index contributed by atoms with van der Waals surface area (Å²) >= 11 is 1.79. The zero-order valence-corrected chi connectivity index (χ0v) is 18.9. The van der Waals surface area contributed by atoms with Crippen molar-refractivity contribution >= 4 is 35.1 Å². The Balaban J connectivity index is 1.30. The van der Waals surface area contributed by atoms with Gasteiger partial charge in [0, 0.05) is 34.5 Å². The van der Waals surface area contributed by atoms with Gasteiger partial charge in [0.25, 0.3) is 5.91 Å². The molecule has 2 N–H and O–H groups in total. The summed E-state index contributed by atoms with van der Waals surface area (Å²) in [5, 5.41) is 6.24. The van der Waals surface area contributed by atoms with Gasteiger partial charge in [-0.3, -0.25) is 9.69 Å². The van der Waals surface area contributed by atoms with Crippen molar-refractivity contribution in [2.24, 2.45) is 0 Å².